The lowest BCUT2D eigenvalue weighted by Gasteiger charge is -2.15. The van der Waals surface area contributed by atoms with Gasteiger partial charge in [-0.15, -0.1) is 0 Å². The van der Waals surface area contributed by atoms with E-state index < -0.39 is 21.7 Å². The van der Waals surface area contributed by atoms with Crippen LogP contribution in [0.2, 0.25) is 0 Å². The Morgan fingerprint density at radius 3 is 2.56 bits per heavy atom. The Hall–Kier alpha value is -2.38. The summed E-state index contributed by atoms with van der Waals surface area (Å²) in [5.41, 5.74) is -0.203. The minimum Gasteiger partial charge on any atom is -0.380 e. The van der Waals surface area contributed by atoms with E-state index in [9.17, 15) is 21.6 Å². The van der Waals surface area contributed by atoms with Crippen molar-refractivity contribution in [1.29, 1.82) is 0 Å². The molecule has 0 saturated carbocycles. The molecule has 0 aliphatic carbocycles. The van der Waals surface area contributed by atoms with Crippen LogP contribution in [0, 0.1) is 0 Å². The van der Waals surface area contributed by atoms with E-state index in [1.54, 1.807) is 7.05 Å². The first-order chi connectivity index (χ1) is 15.1. The van der Waals surface area contributed by atoms with Gasteiger partial charge in [-0.25, -0.2) is 27.7 Å². The Bertz CT molecular complexity index is 1310. The van der Waals surface area contributed by atoms with Crippen LogP contribution in [-0.2, 0) is 38.5 Å². The average molecular weight is 488 g/mol. The molecule has 1 saturated heterocycles. The summed E-state index contributed by atoms with van der Waals surface area (Å²) >= 11 is 0. The first-order valence-electron chi connectivity index (χ1n) is 9.70. The lowest BCUT2D eigenvalue weighted by atomic mass is 10.3. The molecule has 0 aromatic carbocycles. The van der Waals surface area contributed by atoms with Gasteiger partial charge in [0.05, 0.1) is 53.0 Å². The Balaban J connectivity index is 1.87. The van der Waals surface area contributed by atoms with Crippen LogP contribution in [0.5, 0.6) is 0 Å². The first kappa shape index (κ1) is 22.8. The number of ether oxygens (including phenoxy) is 1. The van der Waals surface area contributed by atoms with Crippen molar-refractivity contribution < 1.29 is 26.3 Å². The van der Waals surface area contributed by atoms with Crippen LogP contribution in [0.4, 0.5) is 18.9 Å². The van der Waals surface area contributed by atoms with Gasteiger partial charge in [0.25, 0.3) is 0 Å². The molecule has 0 bridgehead atoms. The summed E-state index contributed by atoms with van der Waals surface area (Å²) in [6.45, 7) is 2.72. The number of fused-ring (bicyclic) bond motifs is 1. The van der Waals surface area contributed by atoms with Crippen molar-refractivity contribution in [3.05, 3.63) is 30.2 Å². The highest BCUT2D eigenvalue weighted by Gasteiger charge is 2.33. The maximum absolute atomic E-state index is 13.0. The lowest BCUT2D eigenvalue weighted by Crippen LogP contribution is -2.19. The molecule has 32 heavy (non-hydrogen) atoms. The molecule has 4 heterocycles. The number of alkyl halides is 3. The number of pyridine rings is 2. The Morgan fingerprint density at radius 2 is 1.91 bits per heavy atom. The zero-order valence-corrected chi connectivity index (χ0v) is 18.9. The van der Waals surface area contributed by atoms with Gasteiger partial charge in [-0.05, 0) is 12.1 Å². The molecule has 3 aromatic heterocycles. The lowest BCUT2D eigenvalue weighted by molar-refractivity contribution is -0.141. The summed E-state index contributed by atoms with van der Waals surface area (Å²) in [7, 11) is -2.43. The van der Waals surface area contributed by atoms with Crippen molar-refractivity contribution in [3.63, 3.8) is 0 Å². The summed E-state index contributed by atoms with van der Waals surface area (Å²) in [5.74, 6) is 1.48. The fourth-order valence-electron chi connectivity index (χ4n) is 3.25. The second-order valence-corrected chi connectivity index (χ2v) is 11.2. The highest BCUT2D eigenvalue weighted by atomic mass is 32.2. The smallest absolute Gasteiger partial charge is 0.380 e. The molecule has 172 valence electrons. The van der Waals surface area contributed by atoms with Crippen LogP contribution in [0.25, 0.3) is 22.6 Å². The summed E-state index contributed by atoms with van der Waals surface area (Å²) in [4.78, 5) is 12.0. The van der Waals surface area contributed by atoms with Gasteiger partial charge in [-0.2, -0.15) is 13.2 Å². The number of rotatable bonds is 4. The predicted octanol–water partition coefficient (Wildman–Crippen LogP) is 3.31. The molecular formula is C19H20F3N5O3S2. The van der Waals surface area contributed by atoms with Crippen LogP contribution >= 0.6 is 0 Å². The van der Waals surface area contributed by atoms with E-state index in [0.29, 0.717) is 24.4 Å². The molecule has 4 rings (SSSR count). The van der Waals surface area contributed by atoms with Crippen LogP contribution in [0.15, 0.2) is 33.8 Å². The minimum absolute atomic E-state index is 0.0453. The monoisotopic (exact) mass is 487 g/mol. The molecule has 1 fully saturated rings. The normalized spacial score (nSPS) is 15.9. The van der Waals surface area contributed by atoms with Gasteiger partial charge in [0.15, 0.2) is 15.7 Å². The highest BCUT2D eigenvalue weighted by molar-refractivity contribution is 7.91. The summed E-state index contributed by atoms with van der Waals surface area (Å²) in [6, 6.07) is 2.30. The maximum Gasteiger partial charge on any atom is 0.433 e. The van der Waals surface area contributed by atoms with Gasteiger partial charge < -0.3 is 9.30 Å². The number of aromatic nitrogens is 4. The molecule has 1 aliphatic rings. The van der Waals surface area contributed by atoms with Crippen molar-refractivity contribution in [2.75, 3.05) is 30.5 Å². The summed E-state index contributed by atoms with van der Waals surface area (Å²) < 4.78 is 76.3. The standard InChI is InChI=1S/C19H20F3N5O3S2/c1-3-32(28,29)15-8-12(26-31-6-4-30-5-7-31)10-24-17(15)18-25-13-9-16(19(20,21)22)23-11-14(13)27(18)2/h8-11H,3-7H2,1-2H3. The van der Waals surface area contributed by atoms with E-state index in [0.717, 1.165) is 23.8 Å². The topological polar surface area (TPSA) is 99.3 Å². The average Bonchev–Trinajstić information content (AvgIpc) is 3.09. The van der Waals surface area contributed by atoms with Crippen molar-refractivity contribution in [1.82, 2.24) is 19.5 Å². The second-order valence-electron chi connectivity index (χ2n) is 7.07. The number of aryl methyl sites for hydroxylation is 1. The van der Waals surface area contributed by atoms with E-state index in [-0.39, 0.29) is 38.4 Å². The molecule has 0 spiro atoms. The Morgan fingerprint density at radius 1 is 1.19 bits per heavy atom. The molecule has 0 N–H and O–H groups in total. The fraction of sp³-hybridized carbons (Fsp3) is 0.421. The van der Waals surface area contributed by atoms with Crippen LogP contribution in [0.3, 0.4) is 0 Å². The molecule has 0 amide bonds. The van der Waals surface area contributed by atoms with E-state index in [1.165, 1.54) is 23.8 Å². The number of imidazole rings is 1. The van der Waals surface area contributed by atoms with E-state index in [1.807, 2.05) is 0 Å². The molecule has 0 atom stereocenters. The number of sulfone groups is 1. The molecule has 3 aromatic rings. The van der Waals surface area contributed by atoms with Crippen molar-refractivity contribution in [2.24, 2.45) is 11.4 Å². The van der Waals surface area contributed by atoms with Crippen molar-refractivity contribution in [3.8, 4) is 11.5 Å². The Kier molecular flexibility index (Phi) is 6.07. The predicted molar refractivity (Wildman–Crippen MR) is 114 cm³/mol. The number of halogens is 3. The SMILES string of the molecule is CCS(=O)(=O)c1cc(N=S2CCOCC2)cnc1-c1nc2cc(C(F)(F)F)ncc2n1C. The first-order valence-corrected chi connectivity index (χ1v) is 12.9. The van der Waals surface area contributed by atoms with E-state index in [4.69, 9.17) is 4.74 Å². The fourth-order valence-corrected chi connectivity index (χ4v) is 5.71. The zero-order valence-electron chi connectivity index (χ0n) is 17.3. The van der Waals surface area contributed by atoms with Gasteiger partial charge >= 0.3 is 6.18 Å². The molecule has 1 aliphatic heterocycles. The third kappa shape index (κ3) is 4.41. The molecule has 0 radical (unpaired) electrons. The summed E-state index contributed by atoms with van der Waals surface area (Å²) in [5, 5.41) is 0. The molecule has 0 unspecified atom stereocenters. The Labute approximate surface area is 184 Å². The maximum atomic E-state index is 13.0. The molecule has 8 nitrogen and oxygen atoms in total. The number of hydrogen-bond acceptors (Lipinski definition) is 7. The second kappa shape index (κ2) is 8.52. The highest BCUT2D eigenvalue weighted by Crippen LogP contribution is 2.33. The summed E-state index contributed by atoms with van der Waals surface area (Å²) in [6.07, 6.45) is -2.08. The van der Waals surface area contributed by atoms with Crippen LogP contribution < -0.4 is 0 Å². The van der Waals surface area contributed by atoms with Crippen molar-refractivity contribution in [2.45, 2.75) is 18.0 Å². The largest absolute Gasteiger partial charge is 0.433 e. The molecular weight excluding hydrogens is 467 g/mol. The minimum atomic E-state index is -4.62. The van der Waals surface area contributed by atoms with Gasteiger partial charge in [0.1, 0.15) is 11.4 Å². The third-order valence-electron chi connectivity index (χ3n) is 4.98. The van der Waals surface area contributed by atoms with E-state index >= 15 is 0 Å². The van der Waals surface area contributed by atoms with Gasteiger partial charge in [-0.1, -0.05) is 17.6 Å². The van der Waals surface area contributed by atoms with Gasteiger partial charge in [0, 0.05) is 18.6 Å². The van der Waals surface area contributed by atoms with Crippen LogP contribution in [-0.4, -0.2) is 58.4 Å². The number of hydrogen-bond donors (Lipinski definition) is 0. The number of nitrogens with zero attached hydrogens (tertiary/aromatic N) is 5. The van der Waals surface area contributed by atoms with E-state index in [2.05, 4.69) is 19.3 Å². The zero-order chi connectivity index (χ0) is 23.1. The van der Waals surface area contributed by atoms with Crippen LogP contribution in [0.1, 0.15) is 12.6 Å². The van der Waals surface area contributed by atoms with Crippen molar-refractivity contribution >= 4 is 37.2 Å². The third-order valence-corrected chi connectivity index (χ3v) is 8.47. The molecule has 13 heteroatoms. The van der Waals surface area contributed by atoms with Gasteiger partial charge in [-0.3, -0.25) is 0 Å². The quantitative estimate of drug-likeness (QED) is 0.560. The van der Waals surface area contributed by atoms with Gasteiger partial charge in [0.2, 0.25) is 0 Å².